The van der Waals surface area contributed by atoms with Gasteiger partial charge in [-0.1, -0.05) is 6.42 Å². The van der Waals surface area contributed by atoms with Crippen LogP contribution in [0.2, 0.25) is 0 Å². The molecule has 0 saturated carbocycles. The van der Waals surface area contributed by atoms with Gasteiger partial charge in [0, 0.05) is 12.6 Å². The average Bonchev–Trinajstić information content (AvgIpc) is 3.13. The number of urea groups is 1. The first kappa shape index (κ1) is 17.4. The fraction of sp³-hybridized carbons (Fsp3) is 0.389. The molecule has 1 saturated heterocycles. The van der Waals surface area contributed by atoms with Gasteiger partial charge in [0.05, 0.1) is 18.0 Å². The van der Waals surface area contributed by atoms with Crippen molar-refractivity contribution in [3.8, 4) is 0 Å². The molecule has 0 aliphatic carbocycles. The minimum absolute atomic E-state index is 0.0635. The fourth-order valence-corrected chi connectivity index (χ4v) is 3.07. The summed E-state index contributed by atoms with van der Waals surface area (Å²) in [5, 5.41) is 5.15. The molecule has 1 aromatic heterocycles. The van der Waals surface area contributed by atoms with Crippen molar-refractivity contribution >= 4 is 11.7 Å². The van der Waals surface area contributed by atoms with E-state index in [0.29, 0.717) is 6.54 Å². The first-order chi connectivity index (χ1) is 12.1. The topological polar surface area (TPSA) is 57.5 Å². The van der Waals surface area contributed by atoms with E-state index in [2.05, 4.69) is 15.5 Å². The predicted octanol–water partition coefficient (Wildman–Crippen LogP) is 3.91. The van der Waals surface area contributed by atoms with Crippen molar-refractivity contribution in [3.05, 3.63) is 54.0 Å². The van der Waals surface area contributed by atoms with E-state index in [1.54, 1.807) is 6.26 Å². The van der Waals surface area contributed by atoms with Crippen molar-refractivity contribution < 1.29 is 18.0 Å². The van der Waals surface area contributed by atoms with Crippen LogP contribution in [0.25, 0.3) is 0 Å². The lowest BCUT2D eigenvalue weighted by Gasteiger charge is -2.33. The molecule has 3 rings (SSSR count). The Balaban J connectivity index is 1.61. The minimum atomic E-state index is -0.811. The summed E-state index contributed by atoms with van der Waals surface area (Å²) in [6.07, 6.45) is 5.05. The lowest BCUT2D eigenvalue weighted by Crippen LogP contribution is -2.41. The van der Waals surface area contributed by atoms with Gasteiger partial charge in [0.2, 0.25) is 0 Å². The maximum atomic E-state index is 13.6. The van der Waals surface area contributed by atoms with Gasteiger partial charge in [-0.3, -0.25) is 4.90 Å². The second-order valence-corrected chi connectivity index (χ2v) is 6.09. The summed E-state index contributed by atoms with van der Waals surface area (Å²) >= 11 is 0. The number of piperidine rings is 1. The molecule has 2 heterocycles. The lowest BCUT2D eigenvalue weighted by atomic mass is 10.1. The maximum absolute atomic E-state index is 13.6. The number of hydrogen-bond acceptors (Lipinski definition) is 3. The van der Waals surface area contributed by atoms with E-state index >= 15 is 0 Å². The Morgan fingerprint density at radius 2 is 2.00 bits per heavy atom. The van der Waals surface area contributed by atoms with Crippen LogP contribution in [0.3, 0.4) is 0 Å². The van der Waals surface area contributed by atoms with Gasteiger partial charge in [-0.15, -0.1) is 0 Å². The summed E-state index contributed by atoms with van der Waals surface area (Å²) in [5.74, 6) is -0.713. The van der Waals surface area contributed by atoms with Gasteiger partial charge in [0.15, 0.2) is 0 Å². The van der Waals surface area contributed by atoms with Crippen LogP contribution in [0.4, 0.5) is 19.3 Å². The summed E-state index contributed by atoms with van der Waals surface area (Å²) in [6, 6.07) is 6.11. The zero-order chi connectivity index (χ0) is 17.6. The number of anilines is 1. The summed E-state index contributed by atoms with van der Waals surface area (Å²) in [5.41, 5.74) is -0.0635. The number of likely N-dealkylation sites (tertiary alicyclic amines) is 1. The van der Waals surface area contributed by atoms with Gasteiger partial charge in [0.1, 0.15) is 17.4 Å². The molecule has 1 aromatic carbocycles. The highest BCUT2D eigenvalue weighted by Crippen LogP contribution is 2.24. The number of benzene rings is 1. The number of carbonyl (C=O) groups is 1. The zero-order valence-electron chi connectivity index (χ0n) is 13.8. The van der Waals surface area contributed by atoms with Crippen LogP contribution in [0.15, 0.2) is 41.0 Å². The van der Waals surface area contributed by atoms with Crippen LogP contribution >= 0.6 is 0 Å². The SMILES string of the molecule is O=C(NCC(c1ccco1)N1CCCCC1)Nc1ccc(F)cc1F. The van der Waals surface area contributed by atoms with Gasteiger partial charge in [0.25, 0.3) is 0 Å². The van der Waals surface area contributed by atoms with E-state index in [1.807, 2.05) is 12.1 Å². The average molecular weight is 349 g/mol. The third-order valence-electron chi connectivity index (χ3n) is 4.34. The molecule has 2 N–H and O–H groups in total. The molecule has 1 aliphatic rings. The van der Waals surface area contributed by atoms with Gasteiger partial charge in [-0.25, -0.2) is 13.6 Å². The standard InChI is InChI=1S/C18H21F2N3O2/c19-13-6-7-15(14(20)11-13)22-18(24)21-12-16(17-5-4-10-25-17)23-8-2-1-3-9-23/h4-7,10-11,16H,1-3,8-9,12H2,(H2,21,22,24). The van der Waals surface area contributed by atoms with Crippen molar-refractivity contribution in [2.75, 3.05) is 25.0 Å². The second kappa shape index (κ2) is 8.11. The highest BCUT2D eigenvalue weighted by Gasteiger charge is 2.25. The minimum Gasteiger partial charge on any atom is -0.468 e. The summed E-state index contributed by atoms with van der Waals surface area (Å²) in [6.45, 7) is 2.23. The summed E-state index contributed by atoms with van der Waals surface area (Å²) in [4.78, 5) is 14.4. The van der Waals surface area contributed by atoms with Crippen LogP contribution in [-0.2, 0) is 0 Å². The molecule has 1 atom stereocenters. The van der Waals surface area contributed by atoms with Crippen LogP contribution in [-0.4, -0.2) is 30.6 Å². The Morgan fingerprint density at radius 1 is 1.20 bits per heavy atom. The molecule has 134 valence electrons. The first-order valence-electron chi connectivity index (χ1n) is 8.41. The van der Waals surface area contributed by atoms with Crippen LogP contribution < -0.4 is 10.6 Å². The third kappa shape index (κ3) is 4.57. The van der Waals surface area contributed by atoms with Gasteiger partial charge in [-0.05, 0) is 50.2 Å². The number of amides is 2. The third-order valence-corrected chi connectivity index (χ3v) is 4.34. The van der Waals surface area contributed by atoms with E-state index in [9.17, 15) is 13.6 Å². The molecule has 2 amide bonds. The highest BCUT2D eigenvalue weighted by molar-refractivity contribution is 5.89. The number of furan rings is 1. The largest absolute Gasteiger partial charge is 0.468 e. The Hall–Kier alpha value is -2.41. The molecule has 0 bridgehead atoms. The van der Waals surface area contributed by atoms with Crippen molar-refractivity contribution in [1.29, 1.82) is 0 Å². The smallest absolute Gasteiger partial charge is 0.319 e. The molecular formula is C18H21F2N3O2. The van der Waals surface area contributed by atoms with Crippen molar-refractivity contribution in [3.63, 3.8) is 0 Å². The molecule has 5 nitrogen and oxygen atoms in total. The Kier molecular flexibility index (Phi) is 5.65. The van der Waals surface area contributed by atoms with Crippen LogP contribution in [0.5, 0.6) is 0 Å². The molecule has 1 aliphatic heterocycles. The molecule has 1 fully saturated rings. The van der Waals surface area contributed by atoms with Crippen molar-refractivity contribution in [2.45, 2.75) is 25.3 Å². The number of rotatable bonds is 5. The fourth-order valence-electron chi connectivity index (χ4n) is 3.07. The Morgan fingerprint density at radius 3 is 2.68 bits per heavy atom. The molecular weight excluding hydrogens is 328 g/mol. The Bertz CT molecular complexity index is 700. The lowest BCUT2D eigenvalue weighted by molar-refractivity contribution is 0.144. The van der Waals surface area contributed by atoms with Crippen LogP contribution in [0.1, 0.15) is 31.1 Å². The quantitative estimate of drug-likeness (QED) is 0.861. The Labute approximate surface area is 145 Å². The van der Waals surface area contributed by atoms with E-state index in [-0.39, 0.29) is 11.7 Å². The van der Waals surface area contributed by atoms with Gasteiger partial charge in [-0.2, -0.15) is 0 Å². The maximum Gasteiger partial charge on any atom is 0.319 e. The number of halogens is 2. The normalized spacial score (nSPS) is 16.4. The molecule has 2 aromatic rings. The number of carbonyl (C=O) groups excluding carboxylic acids is 1. The zero-order valence-corrected chi connectivity index (χ0v) is 13.8. The molecule has 25 heavy (non-hydrogen) atoms. The van der Waals surface area contributed by atoms with Gasteiger partial charge < -0.3 is 15.1 Å². The van der Waals surface area contributed by atoms with Crippen molar-refractivity contribution in [1.82, 2.24) is 10.2 Å². The van der Waals surface area contributed by atoms with E-state index in [0.717, 1.165) is 43.8 Å². The predicted molar refractivity (Wildman–Crippen MR) is 90.3 cm³/mol. The summed E-state index contributed by atoms with van der Waals surface area (Å²) < 4.78 is 32.1. The van der Waals surface area contributed by atoms with E-state index in [4.69, 9.17) is 4.42 Å². The number of nitrogens with one attached hydrogen (secondary N) is 2. The molecule has 0 radical (unpaired) electrons. The van der Waals surface area contributed by atoms with E-state index in [1.165, 1.54) is 12.5 Å². The first-order valence-corrected chi connectivity index (χ1v) is 8.41. The molecule has 7 heteroatoms. The second-order valence-electron chi connectivity index (χ2n) is 6.09. The highest BCUT2D eigenvalue weighted by atomic mass is 19.1. The van der Waals surface area contributed by atoms with E-state index < -0.39 is 17.7 Å². The molecule has 0 spiro atoms. The number of hydrogen-bond donors (Lipinski definition) is 2. The monoisotopic (exact) mass is 349 g/mol. The summed E-state index contributed by atoms with van der Waals surface area (Å²) in [7, 11) is 0. The van der Waals surface area contributed by atoms with Gasteiger partial charge >= 0.3 is 6.03 Å². The van der Waals surface area contributed by atoms with Crippen molar-refractivity contribution in [2.24, 2.45) is 0 Å². The molecule has 1 unspecified atom stereocenters. The number of nitrogens with zero attached hydrogens (tertiary/aromatic N) is 1. The van der Waals surface area contributed by atoms with Crippen LogP contribution in [0, 0.1) is 11.6 Å².